The first-order valence-electron chi connectivity index (χ1n) is 8.59. The van der Waals surface area contributed by atoms with Crippen molar-refractivity contribution in [3.8, 4) is 0 Å². The van der Waals surface area contributed by atoms with Crippen LogP contribution >= 0.6 is 0 Å². The highest BCUT2D eigenvalue weighted by Crippen LogP contribution is 2.39. The van der Waals surface area contributed by atoms with E-state index in [9.17, 15) is 22.0 Å². The van der Waals surface area contributed by atoms with Gasteiger partial charge >= 0.3 is 10.1 Å². The van der Waals surface area contributed by atoms with Crippen LogP contribution in [0.25, 0.3) is 0 Å². The molecule has 0 bridgehead atoms. The summed E-state index contributed by atoms with van der Waals surface area (Å²) < 4.78 is 62.5. The fourth-order valence-electron chi connectivity index (χ4n) is 2.97. The summed E-state index contributed by atoms with van der Waals surface area (Å²) in [6.45, 7) is 0. The minimum atomic E-state index is -4.42. The molecular weight excluding hydrogens is 401 g/mol. The predicted molar refractivity (Wildman–Crippen MR) is 109 cm³/mol. The molecule has 2 aromatic rings. The maximum absolute atomic E-state index is 14.2. The number of ketones is 1. The smallest absolute Gasteiger partial charge is 0.304 e. The van der Waals surface area contributed by atoms with Crippen LogP contribution in [0, 0.1) is 11.6 Å². The first-order valence-corrected chi connectivity index (χ1v) is 10.0. The fraction of sp³-hybridized carbons (Fsp3) is 0.118. The number of Topliss-reactive ketones (excluding diaryl/α,β-unsaturated/α-hetero) is 1. The van der Waals surface area contributed by atoms with Crippen LogP contribution in [0.2, 0.25) is 0 Å². The van der Waals surface area contributed by atoms with Crippen molar-refractivity contribution in [3.63, 3.8) is 0 Å². The van der Waals surface area contributed by atoms with Gasteiger partial charge in [-0.2, -0.15) is 8.42 Å². The first kappa shape index (κ1) is 21.0. The van der Waals surface area contributed by atoms with Gasteiger partial charge in [-0.05, 0) is 11.6 Å². The van der Waals surface area contributed by atoms with Crippen LogP contribution < -0.4 is 5.73 Å². The van der Waals surface area contributed by atoms with Gasteiger partial charge in [-0.3, -0.25) is 4.79 Å². The van der Waals surface area contributed by atoms with Crippen LogP contribution in [0.5, 0.6) is 0 Å². The average molecular weight is 417 g/mol. The van der Waals surface area contributed by atoms with Crippen molar-refractivity contribution < 1.29 is 30.9 Å². The van der Waals surface area contributed by atoms with Crippen LogP contribution in [0.1, 0.15) is 11.1 Å². The molecule has 2 N–H and O–H groups in total. The number of carbonyl (C=O) groups excluding carboxylic acids is 1. The Bertz CT molecular complexity index is 1130. The molecule has 0 amide bonds. The second kappa shape index (κ2) is 6.94. The van der Waals surface area contributed by atoms with Crippen molar-refractivity contribution in [3.05, 3.63) is 82.9 Å². The molecule has 2 aromatic carbocycles. The van der Waals surface area contributed by atoms with Crippen molar-refractivity contribution >= 4 is 39.4 Å². The lowest BCUT2D eigenvalue weighted by Crippen LogP contribution is -2.40. The second-order valence-corrected chi connectivity index (χ2v) is 9.27. The molecule has 0 fully saturated rings. The van der Waals surface area contributed by atoms with Gasteiger partial charge in [0.25, 0.3) is 0 Å². The number of hydrogen-bond acceptors (Lipinski definition) is 6. The van der Waals surface area contributed by atoms with Gasteiger partial charge in [0, 0.05) is 5.56 Å². The van der Waals surface area contributed by atoms with Crippen molar-refractivity contribution in [2.45, 2.75) is 10.0 Å². The van der Waals surface area contributed by atoms with Gasteiger partial charge in [-0.25, -0.2) is 8.78 Å². The van der Waals surface area contributed by atoms with Gasteiger partial charge in [-0.15, -0.1) is 0 Å². The van der Waals surface area contributed by atoms with Crippen LogP contribution in [0.4, 0.5) is 8.78 Å². The maximum atomic E-state index is 14.2. The third-order valence-corrected chi connectivity index (χ3v) is 6.80. The highest BCUT2D eigenvalue weighted by molar-refractivity contribution is 7.90. The molecule has 1 aliphatic rings. The number of carbonyl (C=O) groups is 1. The number of hydrogen-bond donors (Lipinski definition) is 1. The molecule has 0 aromatic heterocycles. The summed E-state index contributed by atoms with van der Waals surface area (Å²) >= 11 is 0. The molecule has 3 rings (SSSR count). The minimum absolute atomic E-state index is 0.421. The Morgan fingerprint density at radius 2 is 1.69 bits per heavy atom. The molecule has 1 heterocycles. The number of nitrogens with two attached hydrogens (primary N) is 1. The molecule has 12 heteroatoms. The molecule has 148 valence electrons. The summed E-state index contributed by atoms with van der Waals surface area (Å²) in [6.07, 6.45) is 0. The molecule has 0 unspecified atom stereocenters. The van der Waals surface area contributed by atoms with Crippen molar-refractivity contribution in [1.82, 2.24) is 0 Å². The lowest BCUT2D eigenvalue weighted by Gasteiger charge is -2.26. The number of ether oxygens (including phenoxy) is 1. The van der Waals surface area contributed by atoms with Crippen molar-refractivity contribution in [2.75, 3.05) is 0 Å². The van der Waals surface area contributed by atoms with E-state index in [0.29, 0.717) is 5.56 Å². The molecule has 1 atom stereocenters. The molecule has 6 nitrogen and oxygen atoms in total. The molecule has 29 heavy (non-hydrogen) atoms. The first-order chi connectivity index (χ1) is 13.4. The molecule has 0 saturated carbocycles. The van der Waals surface area contributed by atoms with Crippen LogP contribution in [0.3, 0.4) is 0 Å². The van der Waals surface area contributed by atoms with E-state index in [1.165, 1.54) is 21.8 Å². The number of rotatable bonds is 5. The average Bonchev–Trinajstić information content (AvgIpc) is 2.88. The van der Waals surface area contributed by atoms with Gasteiger partial charge in [-0.1, -0.05) is 42.5 Å². The molecular formula is C17H16B3F2NO5S. The molecule has 1 aliphatic heterocycles. The Morgan fingerprint density at radius 1 is 1.07 bits per heavy atom. The lowest BCUT2D eigenvalue weighted by molar-refractivity contribution is -0.126. The van der Waals surface area contributed by atoms with Gasteiger partial charge in [0.1, 0.15) is 15.7 Å². The second-order valence-electron chi connectivity index (χ2n) is 7.17. The standard InChI is InChI=1S/C17H16B3F2NO5S/c18-16(10-7-4-8-11(21)12(10)22)14(24)13(15(23)27-16)28-29(25,26)17(19,20)9-5-2-1-3-6-9/h1-8H,18-20,23H2/t16-/m0/s1. The Morgan fingerprint density at radius 3 is 2.31 bits per heavy atom. The van der Waals surface area contributed by atoms with Gasteiger partial charge in [0.2, 0.25) is 17.4 Å². The minimum Gasteiger partial charge on any atom is -0.467 e. The van der Waals surface area contributed by atoms with E-state index in [-0.39, 0.29) is 0 Å². The van der Waals surface area contributed by atoms with E-state index in [1.807, 2.05) is 0 Å². The Balaban J connectivity index is 1.97. The van der Waals surface area contributed by atoms with E-state index >= 15 is 0 Å². The Hall–Kier alpha value is -2.75. The van der Waals surface area contributed by atoms with Gasteiger partial charge < -0.3 is 14.7 Å². The Kier molecular flexibility index (Phi) is 5.02. The van der Waals surface area contributed by atoms with Gasteiger partial charge in [0.05, 0.1) is 4.55 Å². The van der Waals surface area contributed by atoms with E-state index < -0.39 is 54.8 Å². The third kappa shape index (κ3) is 3.31. The molecule has 0 saturated heterocycles. The van der Waals surface area contributed by atoms with Crippen LogP contribution in [-0.2, 0) is 33.9 Å². The zero-order chi connectivity index (χ0) is 21.6. The molecule has 0 spiro atoms. The Labute approximate surface area is 169 Å². The predicted octanol–water partition coefficient (Wildman–Crippen LogP) is -1.10. The zero-order valence-corrected chi connectivity index (χ0v) is 16.7. The van der Waals surface area contributed by atoms with E-state index in [1.54, 1.807) is 30.3 Å². The topological polar surface area (TPSA) is 95.7 Å². The highest BCUT2D eigenvalue weighted by Gasteiger charge is 2.52. The summed E-state index contributed by atoms with van der Waals surface area (Å²) in [5, 5.41) is 0. The van der Waals surface area contributed by atoms with E-state index in [2.05, 4.69) is 0 Å². The zero-order valence-electron chi connectivity index (χ0n) is 15.9. The van der Waals surface area contributed by atoms with Crippen molar-refractivity contribution in [2.24, 2.45) is 5.73 Å². The van der Waals surface area contributed by atoms with E-state index in [0.717, 1.165) is 20.0 Å². The van der Waals surface area contributed by atoms with Crippen LogP contribution in [-0.4, -0.2) is 37.7 Å². The van der Waals surface area contributed by atoms with Gasteiger partial charge in [0.15, 0.2) is 25.0 Å². The number of benzene rings is 2. The summed E-state index contributed by atoms with van der Waals surface area (Å²) in [5.74, 6) is -4.93. The fourth-order valence-corrected chi connectivity index (χ4v) is 3.98. The largest absolute Gasteiger partial charge is 0.467 e. The highest BCUT2D eigenvalue weighted by atomic mass is 32.2. The van der Waals surface area contributed by atoms with Crippen molar-refractivity contribution in [1.29, 1.82) is 0 Å². The maximum Gasteiger partial charge on any atom is 0.304 e. The monoisotopic (exact) mass is 417 g/mol. The quantitative estimate of drug-likeness (QED) is 0.491. The summed E-state index contributed by atoms with van der Waals surface area (Å²) in [4.78, 5) is 12.9. The van der Waals surface area contributed by atoms with E-state index in [4.69, 9.17) is 14.7 Å². The summed E-state index contributed by atoms with van der Waals surface area (Å²) in [6, 6.07) is 11.5. The third-order valence-electron chi connectivity index (χ3n) is 4.93. The SMILES string of the molecule is BC(B)(c1ccccc1)S(=O)(=O)OC1=C(N)O[C@@](B)(c2cccc(F)c2F)C1=O. The summed E-state index contributed by atoms with van der Waals surface area (Å²) in [7, 11) is -0.455. The molecule has 0 radical (unpaired) electrons. The summed E-state index contributed by atoms with van der Waals surface area (Å²) in [5.41, 5.74) is 3.61. The molecule has 0 aliphatic carbocycles. The number of halogens is 2. The lowest BCUT2D eigenvalue weighted by atomic mass is 9.65. The van der Waals surface area contributed by atoms with Crippen LogP contribution in [0.15, 0.2) is 60.2 Å². The normalized spacial score (nSPS) is 19.9.